The van der Waals surface area contributed by atoms with Crippen LogP contribution in [-0.2, 0) is 11.3 Å². The first-order valence-electron chi connectivity index (χ1n) is 13.1. The predicted molar refractivity (Wildman–Crippen MR) is 149 cm³/mol. The van der Waals surface area contributed by atoms with E-state index in [4.69, 9.17) is 4.74 Å². The van der Waals surface area contributed by atoms with E-state index >= 15 is 0 Å². The summed E-state index contributed by atoms with van der Waals surface area (Å²) in [5.74, 6) is 0.163. The molecule has 39 heavy (non-hydrogen) atoms. The fourth-order valence-corrected chi connectivity index (χ4v) is 5.23. The Balaban J connectivity index is 1.25. The molecule has 0 radical (unpaired) electrons. The number of nitrogens with zero attached hydrogens (tertiary/aromatic N) is 5. The van der Waals surface area contributed by atoms with Crippen molar-refractivity contribution in [3.63, 3.8) is 0 Å². The van der Waals surface area contributed by atoms with Crippen molar-refractivity contribution >= 4 is 28.7 Å². The molecular weight excluding hydrogens is 497 g/mol. The van der Waals surface area contributed by atoms with Crippen LogP contribution in [0.1, 0.15) is 29.8 Å². The minimum Gasteiger partial charge on any atom is -0.373 e. The minimum absolute atomic E-state index is 0.0746. The van der Waals surface area contributed by atoms with Crippen molar-refractivity contribution in [3.8, 4) is 11.3 Å². The first-order chi connectivity index (χ1) is 18.7. The van der Waals surface area contributed by atoms with E-state index in [1.165, 1.54) is 12.1 Å². The smallest absolute Gasteiger partial charge is 0.254 e. The maximum absolute atomic E-state index is 13.7. The topological polar surface area (TPSA) is 87.0 Å². The summed E-state index contributed by atoms with van der Waals surface area (Å²) in [6, 6.07) is 10.6. The number of aromatic nitrogens is 3. The van der Waals surface area contributed by atoms with Gasteiger partial charge < -0.3 is 25.2 Å². The van der Waals surface area contributed by atoms with Gasteiger partial charge in [-0.1, -0.05) is 6.07 Å². The number of benzene rings is 1. The van der Waals surface area contributed by atoms with Crippen LogP contribution in [0.5, 0.6) is 0 Å². The van der Waals surface area contributed by atoms with Crippen LogP contribution in [0.4, 0.5) is 21.6 Å². The number of halogens is 1. The van der Waals surface area contributed by atoms with Gasteiger partial charge in [0.15, 0.2) is 0 Å². The van der Waals surface area contributed by atoms with E-state index in [2.05, 4.69) is 58.3 Å². The lowest BCUT2D eigenvalue weighted by Crippen LogP contribution is -2.57. The first-order valence-corrected chi connectivity index (χ1v) is 13.1. The Bertz CT molecular complexity index is 1550. The summed E-state index contributed by atoms with van der Waals surface area (Å²) in [5.41, 5.74) is 5.26. The van der Waals surface area contributed by atoms with Crippen LogP contribution in [0.3, 0.4) is 0 Å². The van der Waals surface area contributed by atoms with E-state index in [0.29, 0.717) is 35.9 Å². The van der Waals surface area contributed by atoms with Gasteiger partial charge in [-0.2, -0.15) is 0 Å². The standard InChI is InChI=1S/C29H32FN7O2/c1-29(2,35(3)4)24-17-36(11-12-39-24)19-5-8-25(31-14-19)34-22-7-6-20(21-15-33-28(38)27(21)22)23-16-32-26-13-18(30)9-10-37(23)26/h5-10,13-14,16,24H,11-12,15,17H2,1-4H3,(H,31,34)(H,33,38)/t24-/m0/s1. The van der Waals surface area contributed by atoms with Crippen molar-refractivity contribution in [2.24, 2.45) is 0 Å². The van der Waals surface area contributed by atoms with Crippen LogP contribution >= 0.6 is 0 Å². The molecule has 6 rings (SSSR count). The van der Waals surface area contributed by atoms with Gasteiger partial charge in [-0.25, -0.2) is 14.4 Å². The van der Waals surface area contributed by atoms with Crippen molar-refractivity contribution < 1.29 is 13.9 Å². The van der Waals surface area contributed by atoms with Crippen molar-refractivity contribution in [1.82, 2.24) is 24.6 Å². The average molecular weight is 530 g/mol. The third-order valence-electron chi connectivity index (χ3n) is 8.10. The molecule has 0 saturated carbocycles. The third kappa shape index (κ3) is 4.49. The monoisotopic (exact) mass is 529 g/mol. The SMILES string of the molecule is CN(C)C(C)(C)[C@@H]1CN(c2ccc(Nc3ccc(-c4cnc5cc(F)ccn45)c4c3C(=O)NC4)nc2)CCO1. The Hall–Kier alpha value is -4.02. The zero-order valence-corrected chi connectivity index (χ0v) is 22.5. The van der Waals surface area contributed by atoms with Gasteiger partial charge in [-0.15, -0.1) is 0 Å². The minimum atomic E-state index is -0.342. The molecule has 0 spiro atoms. The van der Waals surface area contributed by atoms with Crippen LogP contribution in [-0.4, -0.2) is 70.6 Å². The number of amides is 1. The highest BCUT2D eigenvalue weighted by molar-refractivity contribution is 6.06. The highest BCUT2D eigenvalue weighted by Crippen LogP contribution is 2.35. The molecule has 1 amide bonds. The summed E-state index contributed by atoms with van der Waals surface area (Å²) in [6.07, 6.45) is 5.29. The van der Waals surface area contributed by atoms with Gasteiger partial charge in [0.1, 0.15) is 17.3 Å². The van der Waals surface area contributed by atoms with E-state index in [1.807, 2.05) is 34.9 Å². The highest BCUT2D eigenvalue weighted by Gasteiger charge is 2.36. The number of hydrogen-bond acceptors (Lipinski definition) is 7. The van der Waals surface area contributed by atoms with E-state index in [1.54, 1.807) is 12.4 Å². The lowest BCUT2D eigenvalue weighted by atomic mass is 9.94. The lowest BCUT2D eigenvalue weighted by molar-refractivity contribution is -0.0484. The van der Waals surface area contributed by atoms with Crippen molar-refractivity contribution in [2.75, 3.05) is 44.0 Å². The Morgan fingerprint density at radius 2 is 2.00 bits per heavy atom. The van der Waals surface area contributed by atoms with Gasteiger partial charge in [-0.05, 0) is 57.8 Å². The van der Waals surface area contributed by atoms with Crippen LogP contribution < -0.4 is 15.5 Å². The third-order valence-corrected chi connectivity index (χ3v) is 8.10. The molecule has 4 aromatic rings. The Labute approximate surface area is 226 Å². The zero-order valence-electron chi connectivity index (χ0n) is 22.5. The van der Waals surface area contributed by atoms with E-state index in [0.717, 1.165) is 35.6 Å². The summed E-state index contributed by atoms with van der Waals surface area (Å²) in [7, 11) is 4.15. The van der Waals surface area contributed by atoms with Gasteiger partial charge in [0, 0.05) is 43.0 Å². The summed E-state index contributed by atoms with van der Waals surface area (Å²) in [6.45, 7) is 7.05. The summed E-state index contributed by atoms with van der Waals surface area (Å²) < 4.78 is 21.6. The van der Waals surface area contributed by atoms with Crippen molar-refractivity contribution in [3.05, 3.63) is 71.9 Å². The number of imidazole rings is 1. The average Bonchev–Trinajstić information content (AvgIpc) is 3.53. The number of fused-ring (bicyclic) bond motifs is 2. The molecule has 0 aliphatic carbocycles. The van der Waals surface area contributed by atoms with Gasteiger partial charge in [0.05, 0.1) is 47.7 Å². The molecule has 2 aliphatic heterocycles. The summed E-state index contributed by atoms with van der Waals surface area (Å²) in [5, 5.41) is 6.27. The fraction of sp³-hybridized carbons (Fsp3) is 0.345. The second-order valence-electron chi connectivity index (χ2n) is 10.8. The maximum atomic E-state index is 13.7. The molecule has 1 fully saturated rings. The Morgan fingerprint density at radius 1 is 1.15 bits per heavy atom. The highest BCUT2D eigenvalue weighted by atomic mass is 19.1. The molecule has 1 atom stereocenters. The fourth-order valence-electron chi connectivity index (χ4n) is 5.23. The van der Waals surface area contributed by atoms with Crippen LogP contribution in [0.2, 0.25) is 0 Å². The second-order valence-corrected chi connectivity index (χ2v) is 10.8. The molecular formula is C29H32FN7O2. The molecule has 2 aliphatic rings. The van der Waals surface area contributed by atoms with Crippen LogP contribution in [0.15, 0.2) is 55.0 Å². The Kier molecular flexibility index (Phi) is 6.23. The van der Waals surface area contributed by atoms with Crippen molar-refractivity contribution in [1.29, 1.82) is 0 Å². The number of carbonyl (C=O) groups is 1. The predicted octanol–water partition coefficient (Wildman–Crippen LogP) is 4.07. The lowest BCUT2D eigenvalue weighted by Gasteiger charge is -2.45. The maximum Gasteiger partial charge on any atom is 0.254 e. The molecule has 2 N–H and O–H groups in total. The number of pyridine rings is 2. The molecule has 3 aromatic heterocycles. The molecule has 202 valence electrons. The van der Waals surface area contributed by atoms with Gasteiger partial charge in [0.25, 0.3) is 5.91 Å². The molecule has 1 aromatic carbocycles. The molecule has 0 bridgehead atoms. The van der Waals surface area contributed by atoms with E-state index < -0.39 is 0 Å². The van der Waals surface area contributed by atoms with Gasteiger partial charge in [-0.3, -0.25) is 9.20 Å². The van der Waals surface area contributed by atoms with E-state index in [9.17, 15) is 9.18 Å². The number of rotatable bonds is 6. The molecule has 5 heterocycles. The number of hydrogen-bond donors (Lipinski definition) is 2. The number of carbonyl (C=O) groups excluding carboxylic acids is 1. The molecule has 1 saturated heterocycles. The summed E-state index contributed by atoms with van der Waals surface area (Å²) >= 11 is 0. The number of ether oxygens (including phenoxy) is 1. The van der Waals surface area contributed by atoms with Gasteiger partial charge >= 0.3 is 0 Å². The quantitative estimate of drug-likeness (QED) is 0.389. The summed E-state index contributed by atoms with van der Waals surface area (Å²) in [4.78, 5) is 26.4. The molecule has 0 unspecified atom stereocenters. The molecule has 9 nitrogen and oxygen atoms in total. The van der Waals surface area contributed by atoms with Crippen LogP contribution in [0.25, 0.3) is 16.9 Å². The normalized spacial score (nSPS) is 17.5. The number of nitrogens with one attached hydrogen (secondary N) is 2. The van der Waals surface area contributed by atoms with Gasteiger partial charge in [0.2, 0.25) is 0 Å². The second kappa shape index (κ2) is 9.62. The van der Waals surface area contributed by atoms with Crippen LogP contribution in [0, 0.1) is 5.82 Å². The van der Waals surface area contributed by atoms with E-state index in [-0.39, 0.29) is 23.4 Å². The Morgan fingerprint density at radius 3 is 2.77 bits per heavy atom. The first kappa shape index (κ1) is 25.3. The van der Waals surface area contributed by atoms with Crippen molar-refractivity contribution in [2.45, 2.75) is 32.0 Å². The zero-order chi connectivity index (χ0) is 27.3. The molecule has 10 heteroatoms. The number of morpholine rings is 1. The number of likely N-dealkylation sites (N-methyl/N-ethyl adjacent to an activating group) is 1. The number of anilines is 3. The largest absolute Gasteiger partial charge is 0.373 e.